The Morgan fingerprint density at radius 1 is 1.05 bits per heavy atom. The standard InChI is InChI=1S/C17H26N2/c1-2-18-12-10-17(11-13-18)19(14-15-8-9-15)16-6-4-3-5-7-16/h3-7,15,17H,2,8-14H2,1H3. The first-order chi connectivity index (χ1) is 9.36. The van der Waals surface area contributed by atoms with Crippen molar-refractivity contribution >= 4 is 5.69 Å². The van der Waals surface area contributed by atoms with E-state index in [0.29, 0.717) is 0 Å². The summed E-state index contributed by atoms with van der Waals surface area (Å²) < 4.78 is 0. The first-order valence-corrected chi connectivity index (χ1v) is 7.91. The summed E-state index contributed by atoms with van der Waals surface area (Å²) in [5.74, 6) is 0.962. The van der Waals surface area contributed by atoms with Gasteiger partial charge in [-0.25, -0.2) is 0 Å². The summed E-state index contributed by atoms with van der Waals surface area (Å²) in [6.07, 6.45) is 5.54. The van der Waals surface area contributed by atoms with E-state index in [0.717, 1.165) is 12.0 Å². The van der Waals surface area contributed by atoms with Crippen LogP contribution in [-0.2, 0) is 0 Å². The number of benzene rings is 1. The third-order valence-electron chi connectivity index (χ3n) is 4.68. The number of rotatable bonds is 5. The fourth-order valence-electron chi connectivity index (χ4n) is 3.21. The Balaban J connectivity index is 1.68. The fourth-order valence-corrected chi connectivity index (χ4v) is 3.21. The van der Waals surface area contributed by atoms with Crippen LogP contribution >= 0.6 is 0 Å². The molecule has 1 saturated carbocycles. The van der Waals surface area contributed by atoms with Crippen molar-refractivity contribution in [1.29, 1.82) is 0 Å². The van der Waals surface area contributed by atoms with Crippen molar-refractivity contribution in [3.8, 4) is 0 Å². The van der Waals surface area contributed by atoms with Gasteiger partial charge in [0.2, 0.25) is 0 Å². The summed E-state index contributed by atoms with van der Waals surface area (Å²) in [6, 6.07) is 11.8. The summed E-state index contributed by atoms with van der Waals surface area (Å²) in [5.41, 5.74) is 1.43. The van der Waals surface area contributed by atoms with E-state index in [4.69, 9.17) is 0 Å². The van der Waals surface area contributed by atoms with Gasteiger partial charge in [-0.15, -0.1) is 0 Å². The van der Waals surface area contributed by atoms with Crippen LogP contribution in [0.3, 0.4) is 0 Å². The summed E-state index contributed by atoms with van der Waals surface area (Å²) in [4.78, 5) is 5.28. The highest BCUT2D eigenvalue weighted by Gasteiger charge is 2.30. The highest BCUT2D eigenvalue weighted by Crippen LogP contribution is 2.33. The summed E-state index contributed by atoms with van der Waals surface area (Å²) in [6.45, 7) is 7.31. The molecule has 1 saturated heterocycles. The maximum absolute atomic E-state index is 2.70. The van der Waals surface area contributed by atoms with E-state index in [1.165, 1.54) is 57.5 Å². The molecule has 0 atom stereocenters. The van der Waals surface area contributed by atoms with Crippen LogP contribution in [0, 0.1) is 5.92 Å². The van der Waals surface area contributed by atoms with Crippen LogP contribution < -0.4 is 4.90 Å². The Labute approximate surface area is 117 Å². The highest BCUT2D eigenvalue weighted by molar-refractivity contribution is 5.47. The lowest BCUT2D eigenvalue weighted by atomic mass is 10.0. The van der Waals surface area contributed by atoms with Crippen LogP contribution in [-0.4, -0.2) is 37.1 Å². The summed E-state index contributed by atoms with van der Waals surface area (Å²) in [7, 11) is 0. The first kappa shape index (κ1) is 13.0. The summed E-state index contributed by atoms with van der Waals surface area (Å²) >= 11 is 0. The number of likely N-dealkylation sites (tertiary alicyclic amines) is 1. The molecule has 2 nitrogen and oxygen atoms in total. The molecule has 3 rings (SSSR count). The molecule has 1 heterocycles. The van der Waals surface area contributed by atoms with Crippen molar-refractivity contribution in [1.82, 2.24) is 4.90 Å². The molecule has 0 bridgehead atoms. The van der Waals surface area contributed by atoms with Gasteiger partial charge in [-0.1, -0.05) is 25.1 Å². The number of hydrogen-bond acceptors (Lipinski definition) is 2. The number of hydrogen-bond donors (Lipinski definition) is 0. The zero-order valence-electron chi connectivity index (χ0n) is 12.1. The van der Waals surface area contributed by atoms with Crippen LogP contribution in [0.4, 0.5) is 5.69 Å². The Hall–Kier alpha value is -1.02. The monoisotopic (exact) mass is 258 g/mol. The van der Waals surface area contributed by atoms with Crippen molar-refractivity contribution < 1.29 is 0 Å². The van der Waals surface area contributed by atoms with Gasteiger partial charge in [0.25, 0.3) is 0 Å². The van der Waals surface area contributed by atoms with E-state index in [1.807, 2.05) is 0 Å². The third-order valence-corrected chi connectivity index (χ3v) is 4.68. The van der Waals surface area contributed by atoms with E-state index in [9.17, 15) is 0 Å². The average Bonchev–Trinajstić information content (AvgIpc) is 3.30. The molecule has 19 heavy (non-hydrogen) atoms. The zero-order valence-corrected chi connectivity index (χ0v) is 12.1. The van der Waals surface area contributed by atoms with E-state index in [-0.39, 0.29) is 0 Å². The minimum Gasteiger partial charge on any atom is -0.368 e. The van der Waals surface area contributed by atoms with Crippen molar-refractivity contribution in [2.24, 2.45) is 5.92 Å². The second-order valence-corrected chi connectivity index (χ2v) is 6.10. The molecule has 1 aromatic rings. The van der Waals surface area contributed by atoms with Crippen molar-refractivity contribution in [2.75, 3.05) is 31.1 Å². The zero-order chi connectivity index (χ0) is 13.1. The lowest BCUT2D eigenvalue weighted by molar-refractivity contribution is 0.218. The SMILES string of the molecule is CCN1CCC(N(CC2CC2)c2ccccc2)CC1. The molecule has 2 aliphatic rings. The maximum atomic E-state index is 2.70. The number of nitrogens with zero attached hydrogens (tertiary/aromatic N) is 2. The van der Waals surface area contributed by atoms with E-state index in [1.54, 1.807) is 0 Å². The number of piperidine rings is 1. The Morgan fingerprint density at radius 2 is 1.74 bits per heavy atom. The normalized spacial score (nSPS) is 21.5. The Kier molecular flexibility index (Phi) is 4.07. The molecular weight excluding hydrogens is 232 g/mol. The molecule has 0 spiro atoms. The van der Waals surface area contributed by atoms with Crippen molar-refractivity contribution in [3.05, 3.63) is 30.3 Å². The first-order valence-electron chi connectivity index (χ1n) is 7.91. The summed E-state index contributed by atoms with van der Waals surface area (Å²) in [5, 5.41) is 0. The van der Waals surface area contributed by atoms with Crippen molar-refractivity contribution in [2.45, 2.75) is 38.6 Å². The van der Waals surface area contributed by atoms with Crippen LogP contribution in [0.25, 0.3) is 0 Å². The minimum absolute atomic E-state index is 0.755. The van der Waals surface area contributed by atoms with Crippen LogP contribution in [0.15, 0.2) is 30.3 Å². The Bertz CT molecular complexity index is 378. The molecule has 0 unspecified atom stereocenters. The average molecular weight is 258 g/mol. The minimum atomic E-state index is 0.755. The van der Waals surface area contributed by atoms with Crippen molar-refractivity contribution in [3.63, 3.8) is 0 Å². The van der Waals surface area contributed by atoms with Gasteiger partial charge in [-0.2, -0.15) is 0 Å². The maximum Gasteiger partial charge on any atom is 0.0368 e. The molecule has 1 aromatic carbocycles. The molecule has 2 heteroatoms. The third kappa shape index (κ3) is 3.30. The molecule has 1 aliphatic carbocycles. The lowest BCUT2D eigenvalue weighted by Crippen LogP contribution is -2.45. The predicted molar refractivity (Wildman–Crippen MR) is 81.6 cm³/mol. The van der Waals surface area contributed by atoms with Gasteiger partial charge >= 0.3 is 0 Å². The largest absolute Gasteiger partial charge is 0.368 e. The van der Waals surface area contributed by atoms with Crippen LogP contribution in [0.5, 0.6) is 0 Å². The smallest absolute Gasteiger partial charge is 0.0368 e. The molecule has 0 radical (unpaired) electrons. The second-order valence-electron chi connectivity index (χ2n) is 6.10. The molecule has 104 valence electrons. The predicted octanol–water partition coefficient (Wildman–Crippen LogP) is 3.39. The van der Waals surface area contributed by atoms with Crippen LogP contribution in [0.2, 0.25) is 0 Å². The number of para-hydroxylation sites is 1. The number of anilines is 1. The highest BCUT2D eigenvalue weighted by atomic mass is 15.2. The van der Waals surface area contributed by atoms with E-state index >= 15 is 0 Å². The molecular formula is C17H26N2. The lowest BCUT2D eigenvalue weighted by Gasteiger charge is -2.39. The van der Waals surface area contributed by atoms with Gasteiger partial charge in [0.15, 0.2) is 0 Å². The molecule has 0 amide bonds. The van der Waals surface area contributed by atoms with Gasteiger partial charge in [0, 0.05) is 31.4 Å². The van der Waals surface area contributed by atoms with Gasteiger partial charge in [0.1, 0.15) is 0 Å². The molecule has 2 fully saturated rings. The van der Waals surface area contributed by atoms with Crippen LogP contribution in [0.1, 0.15) is 32.6 Å². The van der Waals surface area contributed by atoms with E-state index < -0.39 is 0 Å². The molecule has 1 aliphatic heterocycles. The van der Waals surface area contributed by atoms with Gasteiger partial charge in [-0.3, -0.25) is 0 Å². The van der Waals surface area contributed by atoms with Gasteiger partial charge in [0.05, 0.1) is 0 Å². The Morgan fingerprint density at radius 3 is 2.32 bits per heavy atom. The van der Waals surface area contributed by atoms with E-state index in [2.05, 4.69) is 47.1 Å². The topological polar surface area (TPSA) is 6.48 Å². The molecule has 0 N–H and O–H groups in total. The van der Waals surface area contributed by atoms with Gasteiger partial charge < -0.3 is 9.80 Å². The second kappa shape index (κ2) is 5.96. The van der Waals surface area contributed by atoms with Gasteiger partial charge in [-0.05, 0) is 50.3 Å². The molecule has 0 aromatic heterocycles. The quantitative estimate of drug-likeness (QED) is 0.799. The fraction of sp³-hybridized carbons (Fsp3) is 0.647.